The van der Waals surface area contributed by atoms with Crippen molar-refractivity contribution in [3.05, 3.63) is 65.0 Å². The third-order valence-electron chi connectivity index (χ3n) is 4.01. The lowest BCUT2D eigenvalue weighted by Crippen LogP contribution is -2.15. The molecule has 26 heavy (non-hydrogen) atoms. The number of benzene rings is 2. The van der Waals surface area contributed by atoms with Gasteiger partial charge >= 0.3 is 0 Å². The molecule has 0 unspecified atom stereocenters. The first-order chi connectivity index (χ1) is 12.6. The lowest BCUT2D eigenvalue weighted by molar-refractivity contribution is 0.289. The normalized spacial score (nSPS) is 10.7. The molecule has 6 nitrogen and oxygen atoms in total. The number of aryl methyl sites for hydroxylation is 2. The second kappa shape index (κ2) is 8.14. The molecule has 0 bridgehead atoms. The fourth-order valence-electron chi connectivity index (χ4n) is 2.44. The highest BCUT2D eigenvalue weighted by Crippen LogP contribution is 2.24. The number of nitrogens with two attached hydrogens (primary N) is 1. The van der Waals surface area contributed by atoms with Gasteiger partial charge in [0.2, 0.25) is 5.16 Å². The van der Waals surface area contributed by atoms with Gasteiger partial charge in [-0.25, -0.2) is 4.68 Å². The van der Waals surface area contributed by atoms with E-state index in [9.17, 15) is 0 Å². The molecule has 2 N–H and O–H groups in total. The Balaban J connectivity index is 1.63. The van der Waals surface area contributed by atoms with E-state index in [-0.39, 0.29) is 6.61 Å². The first-order valence-corrected chi connectivity index (χ1v) is 9.20. The van der Waals surface area contributed by atoms with Crippen molar-refractivity contribution in [2.24, 2.45) is 0 Å². The molecule has 0 aliphatic rings. The number of nitrogen functional groups attached to an aromatic ring is 1. The first-order valence-electron chi connectivity index (χ1n) is 8.22. The zero-order chi connectivity index (χ0) is 18.5. The fraction of sp³-hybridized carbons (Fsp3) is 0.263. The highest BCUT2D eigenvalue weighted by molar-refractivity contribution is 7.98. The van der Waals surface area contributed by atoms with Crippen molar-refractivity contribution in [1.82, 2.24) is 14.9 Å². The maximum absolute atomic E-state index is 6.12. The molecule has 0 saturated carbocycles. The molecule has 0 fully saturated rings. The van der Waals surface area contributed by atoms with Crippen LogP contribution in [0.3, 0.4) is 0 Å². The molecule has 7 heteroatoms. The van der Waals surface area contributed by atoms with Gasteiger partial charge in [0.1, 0.15) is 18.1 Å². The SMILES string of the molecule is COc1cccc(OCc2nnc(SCc3cc(C)ccc3C)n2N)c1. The molecule has 0 spiro atoms. The molecule has 3 rings (SSSR count). The molecule has 0 aliphatic carbocycles. The summed E-state index contributed by atoms with van der Waals surface area (Å²) in [6.45, 7) is 4.43. The Bertz CT molecular complexity index is 895. The lowest BCUT2D eigenvalue weighted by Gasteiger charge is -2.08. The highest BCUT2D eigenvalue weighted by Gasteiger charge is 2.12. The quantitative estimate of drug-likeness (QED) is 0.507. The lowest BCUT2D eigenvalue weighted by atomic mass is 10.1. The number of nitrogens with zero attached hydrogens (tertiary/aromatic N) is 3. The van der Waals surface area contributed by atoms with Gasteiger partial charge in [0.25, 0.3) is 0 Å². The molecule has 2 aromatic carbocycles. The van der Waals surface area contributed by atoms with E-state index in [4.69, 9.17) is 15.3 Å². The molecular formula is C19H22N4O2S. The number of thioether (sulfide) groups is 1. The van der Waals surface area contributed by atoms with Gasteiger partial charge in [-0.05, 0) is 37.1 Å². The summed E-state index contributed by atoms with van der Waals surface area (Å²) in [5, 5.41) is 8.97. The Morgan fingerprint density at radius 3 is 2.69 bits per heavy atom. The summed E-state index contributed by atoms with van der Waals surface area (Å²) in [6.07, 6.45) is 0. The van der Waals surface area contributed by atoms with Crippen LogP contribution in [0.2, 0.25) is 0 Å². The summed E-state index contributed by atoms with van der Waals surface area (Å²) in [4.78, 5) is 0. The summed E-state index contributed by atoms with van der Waals surface area (Å²) in [7, 11) is 1.62. The zero-order valence-corrected chi connectivity index (χ0v) is 15.9. The average molecular weight is 370 g/mol. The van der Waals surface area contributed by atoms with Crippen LogP contribution in [-0.2, 0) is 12.4 Å². The number of methoxy groups -OCH3 is 1. The second-order valence-electron chi connectivity index (χ2n) is 5.96. The average Bonchev–Trinajstić information content (AvgIpc) is 3.00. The van der Waals surface area contributed by atoms with E-state index in [1.807, 2.05) is 24.3 Å². The molecule has 0 radical (unpaired) electrons. The van der Waals surface area contributed by atoms with Crippen molar-refractivity contribution in [3.8, 4) is 11.5 Å². The van der Waals surface area contributed by atoms with Crippen LogP contribution in [0.4, 0.5) is 0 Å². The van der Waals surface area contributed by atoms with Crippen molar-refractivity contribution >= 4 is 11.8 Å². The van der Waals surface area contributed by atoms with E-state index in [2.05, 4.69) is 42.2 Å². The Morgan fingerprint density at radius 2 is 1.88 bits per heavy atom. The van der Waals surface area contributed by atoms with Crippen molar-refractivity contribution in [3.63, 3.8) is 0 Å². The van der Waals surface area contributed by atoms with Gasteiger partial charge in [0.15, 0.2) is 5.82 Å². The third-order valence-corrected chi connectivity index (χ3v) is 5.00. The van der Waals surface area contributed by atoms with E-state index in [0.29, 0.717) is 16.7 Å². The largest absolute Gasteiger partial charge is 0.497 e. The highest BCUT2D eigenvalue weighted by atomic mass is 32.2. The number of hydrogen-bond donors (Lipinski definition) is 1. The summed E-state index contributed by atoms with van der Waals surface area (Å²) in [5.74, 6) is 8.91. The van der Waals surface area contributed by atoms with Crippen molar-refractivity contribution in [1.29, 1.82) is 0 Å². The minimum atomic E-state index is 0.237. The van der Waals surface area contributed by atoms with E-state index in [1.54, 1.807) is 18.9 Å². The summed E-state index contributed by atoms with van der Waals surface area (Å²) >= 11 is 1.56. The Kier molecular flexibility index (Phi) is 5.68. The smallest absolute Gasteiger partial charge is 0.210 e. The van der Waals surface area contributed by atoms with Gasteiger partial charge in [-0.15, -0.1) is 10.2 Å². The van der Waals surface area contributed by atoms with Crippen LogP contribution >= 0.6 is 11.8 Å². The Hall–Kier alpha value is -2.67. The Labute approximate surface area is 157 Å². The summed E-state index contributed by atoms with van der Waals surface area (Å²) < 4.78 is 12.4. The van der Waals surface area contributed by atoms with Gasteiger partial charge in [0, 0.05) is 11.8 Å². The van der Waals surface area contributed by atoms with E-state index < -0.39 is 0 Å². The molecular weight excluding hydrogens is 348 g/mol. The van der Waals surface area contributed by atoms with Crippen LogP contribution < -0.4 is 15.3 Å². The van der Waals surface area contributed by atoms with Crippen molar-refractivity contribution < 1.29 is 9.47 Å². The molecule has 0 aliphatic heterocycles. The third kappa shape index (κ3) is 4.29. The minimum Gasteiger partial charge on any atom is -0.497 e. The first kappa shape index (κ1) is 18.1. The molecule has 1 aromatic heterocycles. The maximum atomic E-state index is 6.12. The minimum absolute atomic E-state index is 0.237. The van der Waals surface area contributed by atoms with Gasteiger partial charge in [-0.1, -0.05) is 41.6 Å². The molecule has 136 valence electrons. The van der Waals surface area contributed by atoms with Crippen LogP contribution in [0.5, 0.6) is 11.5 Å². The van der Waals surface area contributed by atoms with Crippen molar-refractivity contribution in [2.75, 3.05) is 13.0 Å². The van der Waals surface area contributed by atoms with E-state index >= 15 is 0 Å². The maximum Gasteiger partial charge on any atom is 0.210 e. The summed E-state index contributed by atoms with van der Waals surface area (Å²) in [5.41, 5.74) is 3.77. The van der Waals surface area contributed by atoms with E-state index in [1.165, 1.54) is 21.4 Å². The fourth-order valence-corrected chi connectivity index (χ4v) is 3.38. The number of hydrogen-bond acceptors (Lipinski definition) is 6. The van der Waals surface area contributed by atoms with Crippen LogP contribution in [0.25, 0.3) is 0 Å². The van der Waals surface area contributed by atoms with Gasteiger partial charge in [0.05, 0.1) is 7.11 Å². The van der Waals surface area contributed by atoms with Crippen molar-refractivity contribution in [2.45, 2.75) is 31.4 Å². The standard InChI is InChI=1S/C19H22N4O2S/c1-13-7-8-14(2)15(9-13)12-26-19-22-21-18(23(19)20)11-25-17-6-4-5-16(10-17)24-3/h4-10H,11-12,20H2,1-3H3. The second-order valence-corrected chi connectivity index (χ2v) is 6.90. The monoisotopic (exact) mass is 370 g/mol. The number of ether oxygens (including phenoxy) is 2. The molecule has 0 atom stereocenters. The van der Waals surface area contributed by atoms with Crippen LogP contribution in [0.15, 0.2) is 47.6 Å². The molecule has 3 aromatic rings. The predicted octanol–water partition coefficient (Wildman–Crippen LogP) is 3.49. The van der Waals surface area contributed by atoms with Gasteiger partial charge in [-0.2, -0.15) is 0 Å². The number of aromatic nitrogens is 3. The zero-order valence-electron chi connectivity index (χ0n) is 15.1. The van der Waals surface area contributed by atoms with Gasteiger partial charge < -0.3 is 15.3 Å². The molecule has 0 saturated heterocycles. The number of rotatable bonds is 7. The molecule has 1 heterocycles. The van der Waals surface area contributed by atoms with Crippen LogP contribution in [0, 0.1) is 13.8 Å². The van der Waals surface area contributed by atoms with Gasteiger partial charge in [-0.3, -0.25) is 0 Å². The van der Waals surface area contributed by atoms with E-state index in [0.717, 1.165) is 11.5 Å². The van der Waals surface area contributed by atoms with Crippen LogP contribution in [0.1, 0.15) is 22.5 Å². The topological polar surface area (TPSA) is 75.2 Å². The molecule has 0 amide bonds. The Morgan fingerprint density at radius 1 is 1.08 bits per heavy atom. The summed E-state index contributed by atoms with van der Waals surface area (Å²) in [6, 6.07) is 13.8. The van der Waals surface area contributed by atoms with Crippen LogP contribution in [-0.4, -0.2) is 22.0 Å². The predicted molar refractivity (Wildman–Crippen MR) is 103 cm³/mol.